The van der Waals surface area contributed by atoms with Gasteiger partial charge in [0.1, 0.15) is 29.6 Å². The molecule has 2 aromatic carbocycles. The normalized spacial score (nSPS) is 10.7. The van der Waals surface area contributed by atoms with Crippen LogP contribution in [0.5, 0.6) is 5.75 Å². The first-order valence-electron chi connectivity index (χ1n) is 8.29. The van der Waals surface area contributed by atoms with Crippen molar-refractivity contribution in [1.82, 2.24) is 4.90 Å². The quantitative estimate of drug-likeness (QED) is 0.755. The summed E-state index contributed by atoms with van der Waals surface area (Å²) in [5.41, 5.74) is 0.231. The Bertz CT molecular complexity index is 833. The van der Waals surface area contributed by atoms with Crippen molar-refractivity contribution in [3.05, 3.63) is 65.7 Å². The number of hydrogen-bond donors (Lipinski definition) is 1. The summed E-state index contributed by atoms with van der Waals surface area (Å²) in [6.07, 6.45) is 2.93. The lowest BCUT2D eigenvalue weighted by Crippen LogP contribution is -2.37. The number of para-hydroxylation sites is 1. The maximum Gasteiger partial charge on any atom is 0.247 e. The minimum Gasteiger partial charge on any atom is -0.497 e. The highest BCUT2D eigenvalue weighted by atomic mass is 19.1. The molecule has 0 saturated heterocycles. The van der Waals surface area contributed by atoms with Crippen molar-refractivity contribution in [2.45, 2.75) is 6.92 Å². The zero-order valence-electron chi connectivity index (χ0n) is 15.0. The van der Waals surface area contributed by atoms with Gasteiger partial charge in [0.05, 0.1) is 7.11 Å². The van der Waals surface area contributed by atoms with Crippen molar-refractivity contribution in [3.8, 4) is 5.75 Å². The number of nitrogens with zero attached hydrogens (tertiary/aromatic N) is 1. The van der Waals surface area contributed by atoms with E-state index < -0.39 is 29.1 Å². The summed E-state index contributed by atoms with van der Waals surface area (Å²) in [5, 5.41) is 2.16. The Morgan fingerprint density at radius 1 is 1.15 bits per heavy atom. The number of amides is 2. The Labute approximate surface area is 156 Å². The summed E-state index contributed by atoms with van der Waals surface area (Å²) < 4.78 is 32.3. The molecule has 0 fully saturated rings. The highest BCUT2D eigenvalue weighted by Gasteiger charge is 2.16. The zero-order chi connectivity index (χ0) is 19.8. The minimum absolute atomic E-state index is 0.258. The predicted molar refractivity (Wildman–Crippen MR) is 99.3 cm³/mol. The molecule has 0 aliphatic carbocycles. The molecule has 2 aromatic rings. The number of carbonyl (C=O) groups excluding carboxylic acids is 2. The highest BCUT2D eigenvalue weighted by molar-refractivity contribution is 5.98. The average Bonchev–Trinajstić information content (AvgIpc) is 2.67. The smallest absolute Gasteiger partial charge is 0.247 e. The lowest BCUT2D eigenvalue weighted by atomic mass is 10.2. The molecule has 0 atom stereocenters. The van der Waals surface area contributed by atoms with E-state index >= 15 is 0 Å². The Kier molecular flexibility index (Phi) is 7.05. The first-order chi connectivity index (χ1) is 12.9. The molecule has 27 heavy (non-hydrogen) atoms. The van der Waals surface area contributed by atoms with Crippen molar-refractivity contribution in [2.24, 2.45) is 0 Å². The van der Waals surface area contributed by atoms with E-state index in [0.29, 0.717) is 5.75 Å². The maximum absolute atomic E-state index is 13.6. The molecule has 0 aromatic heterocycles. The molecule has 5 nitrogen and oxygen atoms in total. The van der Waals surface area contributed by atoms with E-state index in [1.807, 2.05) is 0 Å². The summed E-state index contributed by atoms with van der Waals surface area (Å²) in [6, 6.07) is 10.4. The van der Waals surface area contributed by atoms with E-state index in [1.165, 1.54) is 17.0 Å². The topological polar surface area (TPSA) is 58.6 Å². The molecule has 2 rings (SSSR count). The zero-order valence-corrected chi connectivity index (χ0v) is 15.0. The van der Waals surface area contributed by atoms with Crippen molar-refractivity contribution >= 4 is 23.6 Å². The van der Waals surface area contributed by atoms with Gasteiger partial charge in [-0.25, -0.2) is 8.78 Å². The SMILES string of the molecule is CCN(CC(=O)Nc1c(F)cccc1F)C(=O)C=Cc1cccc(OC)c1. The first kappa shape index (κ1) is 20.1. The van der Waals surface area contributed by atoms with E-state index in [-0.39, 0.29) is 13.1 Å². The van der Waals surface area contributed by atoms with Gasteiger partial charge in [-0.05, 0) is 42.8 Å². The fourth-order valence-electron chi connectivity index (χ4n) is 2.33. The van der Waals surface area contributed by atoms with Crippen LogP contribution in [-0.2, 0) is 9.59 Å². The van der Waals surface area contributed by atoms with Crippen LogP contribution in [0.25, 0.3) is 6.08 Å². The van der Waals surface area contributed by atoms with E-state index in [4.69, 9.17) is 4.74 Å². The Morgan fingerprint density at radius 3 is 2.44 bits per heavy atom. The third kappa shape index (κ3) is 5.64. The fraction of sp³-hybridized carbons (Fsp3) is 0.200. The number of halogens is 2. The largest absolute Gasteiger partial charge is 0.497 e. The molecule has 0 bridgehead atoms. The van der Waals surface area contributed by atoms with Crippen LogP contribution in [0, 0.1) is 11.6 Å². The Hall–Kier alpha value is -3.22. The van der Waals surface area contributed by atoms with Crippen molar-refractivity contribution < 1.29 is 23.1 Å². The number of carbonyl (C=O) groups is 2. The molecule has 0 radical (unpaired) electrons. The molecular weight excluding hydrogens is 354 g/mol. The van der Waals surface area contributed by atoms with E-state index in [9.17, 15) is 18.4 Å². The van der Waals surface area contributed by atoms with Crippen LogP contribution in [0.4, 0.5) is 14.5 Å². The van der Waals surface area contributed by atoms with Gasteiger partial charge in [0.15, 0.2) is 0 Å². The van der Waals surface area contributed by atoms with Crippen molar-refractivity contribution in [1.29, 1.82) is 0 Å². The lowest BCUT2D eigenvalue weighted by molar-refractivity contribution is -0.130. The van der Waals surface area contributed by atoms with Crippen LogP contribution in [0.2, 0.25) is 0 Å². The number of ether oxygens (including phenoxy) is 1. The van der Waals surface area contributed by atoms with Gasteiger partial charge < -0.3 is 15.0 Å². The Balaban J connectivity index is 2.01. The number of methoxy groups -OCH3 is 1. The summed E-state index contributed by atoms with van der Waals surface area (Å²) in [6.45, 7) is 1.63. The highest BCUT2D eigenvalue weighted by Crippen LogP contribution is 2.18. The molecule has 0 aliphatic rings. The first-order valence-corrected chi connectivity index (χ1v) is 8.29. The number of hydrogen-bond acceptors (Lipinski definition) is 3. The van der Waals surface area contributed by atoms with Crippen LogP contribution < -0.4 is 10.1 Å². The molecule has 7 heteroatoms. The monoisotopic (exact) mass is 374 g/mol. The summed E-state index contributed by atoms with van der Waals surface area (Å²) in [4.78, 5) is 25.6. The molecule has 0 aliphatic heterocycles. The third-order valence-electron chi connectivity index (χ3n) is 3.77. The fourth-order valence-corrected chi connectivity index (χ4v) is 2.33. The molecule has 0 spiro atoms. The number of anilines is 1. The van der Waals surface area contributed by atoms with Gasteiger partial charge in [0.25, 0.3) is 0 Å². The number of benzene rings is 2. The van der Waals surface area contributed by atoms with Crippen LogP contribution in [-0.4, -0.2) is 36.9 Å². The second kappa shape index (κ2) is 9.47. The van der Waals surface area contributed by atoms with Crippen LogP contribution >= 0.6 is 0 Å². The number of rotatable bonds is 7. The maximum atomic E-state index is 13.6. The average molecular weight is 374 g/mol. The van der Waals surface area contributed by atoms with Crippen LogP contribution in [0.15, 0.2) is 48.5 Å². The van der Waals surface area contributed by atoms with Crippen LogP contribution in [0.3, 0.4) is 0 Å². The van der Waals surface area contributed by atoms with Gasteiger partial charge in [-0.2, -0.15) is 0 Å². The van der Waals surface area contributed by atoms with Crippen molar-refractivity contribution in [2.75, 3.05) is 25.5 Å². The van der Waals surface area contributed by atoms with E-state index in [0.717, 1.165) is 17.7 Å². The van der Waals surface area contributed by atoms with Crippen LogP contribution in [0.1, 0.15) is 12.5 Å². The second-order valence-electron chi connectivity index (χ2n) is 5.61. The number of nitrogens with one attached hydrogen (secondary N) is 1. The third-order valence-corrected chi connectivity index (χ3v) is 3.77. The molecule has 1 N–H and O–H groups in total. The summed E-state index contributed by atoms with van der Waals surface area (Å²) in [7, 11) is 1.55. The Morgan fingerprint density at radius 2 is 1.81 bits per heavy atom. The minimum atomic E-state index is -0.879. The van der Waals surface area contributed by atoms with Gasteiger partial charge in [0, 0.05) is 12.6 Å². The molecule has 0 saturated carbocycles. The summed E-state index contributed by atoms with van der Waals surface area (Å²) >= 11 is 0. The standard InChI is InChI=1S/C20H20F2N2O3/c1-3-24(13-18(25)23-20-16(21)8-5-9-17(20)22)19(26)11-10-14-6-4-7-15(12-14)27-2/h4-12H,3,13H2,1-2H3,(H,23,25). The predicted octanol–water partition coefficient (Wildman–Crippen LogP) is 3.47. The lowest BCUT2D eigenvalue weighted by Gasteiger charge is -2.19. The van der Waals surface area contributed by atoms with E-state index in [2.05, 4.69) is 5.32 Å². The number of likely N-dealkylation sites (N-methyl/N-ethyl adjacent to an activating group) is 1. The second-order valence-corrected chi connectivity index (χ2v) is 5.61. The van der Waals surface area contributed by atoms with Gasteiger partial charge in [-0.3, -0.25) is 9.59 Å². The summed E-state index contributed by atoms with van der Waals surface area (Å²) in [5.74, 6) is -2.19. The van der Waals surface area contributed by atoms with Gasteiger partial charge in [0.2, 0.25) is 11.8 Å². The van der Waals surface area contributed by atoms with Gasteiger partial charge in [-0.1, -0.05) is 18.2 Å². The molecule has 0 heterocycles. The molecule has 0 unspecified atom stereocenters. The van der Waals surface area contributed by atoms with Crippen molar-refractivity contribution in [3.63, 3.8) is 0 Å². The van der Waals surface area contributed by atoms with E-state index in [1.54, 1.807) is 44.4 Å². The van der Waals surface area contributed by atoms with Gasteiger partial charge >= 0.3 is 0 Å². The van der Waals surface area contributed by atoms with Gasteiger partial charge in [-0.15, -0.1) is 0 Å². The molecule has 142 valence electrons. The molecule has 2 amide bonds. The molecular formula is C20H20F2N2O3.